The normalized spacial score (nSPS) is 32.4. The Bertz CT molecular complexity index is 463. The summed E-state index contributed by atoms with van der Waals surface area (Å²) < 4.78 is 5.50. The number of amides is 2. The van der Waals surface area contributed by atoms with E-state index in [-0.39, 0.29) is 24.0 Å². The van der Waals surface area contributed by atoms with E-state index < -0.39 is 0 Å². The standard InChI is InChI=1S/C19H33N3O3/c1-14-5-7-16(8-6-14)20-18(23)15(2)21-9-11-22(12-10-21)19(24)17-4-3-13-25-17/h14-17H,3-13H2,1-2H3,(H,20,23)/t14?,15-,16?,17-/m1/s1. The molecule has 3 fully saturated rings. The van der Waals surface area contributed by atoms with Gasteiger partial charge in [-0.3, -0.25) is 14.5 Å². The lowest BCUT2D eigenvalue weighted by Crippen LogP contribution is -2.57. The fraction of sp³-hybridized carbons (Fsp3) is 0.895. The third-order valence-electron chi connectivity index (χ3n) is 6.12. The van der Waals surface area contributed by atoms with Crippen molar-refractivity contribution in [2.75, 3.05) is 32.8 Å². The molecule has 2 aliphatic heterocycles. The third-order valence-corrected chi connectivity index (χ3v) is 6.12. The molecule has 0 radical (unpaired) electrons. The Morgan fingerprint density at radius 1 is 1.04 bits per heavy atom. The fourth-order valence-electron chi connectivity index (χ4n) is 4.20. The zero-order chi connectivity index (χ0) is 17.8. The number of carbonyl (C=O) groups excluding carboxylic acids is 2. The first-order valence-electron chi connectivity index (χ1n) is 9.99. The van der Waals surface area contributed by atoms with Gasteiger partial charge in [0.2, 0.25) is 5.91 Å². The van der Waals surface area contributed by atoms with E-state index in [9.17, 15) is 9.59 Å². The minimum Gasteiger partial charge on any atom is -0.368 e. The number of hydrogen-bond donors (Lipinski definition) is 1. The number of nitrogens with zero attached hydrogens (tertiary/aromatic N) is 2. The lowest BCUT2D eigenvalue weighted by molar-refractivity contribution is -0.143. The van der Waals surface area contributed by atoms with Crippen molar-refractivity contribution in [1.29, 1.82) is 0 Å². The van der Waals surface area contributed by atoms with Crippen LogP contribution in [0.1, 0.15) is 52.4 Å². The Hall–Kier alpha value is -1.14. The topological polar surface area (TPSA) is 61.9 Å². The fourth-order valence-corrected chi connectivity index (χ4v) is 4.20. The van der Waals surface area contributed by atoms with E-state index in [1.54, 1.807) is 0 Å². The van der Waals surface area contributed by atoms with E-state index in [1.165, 1.54) is 12.8 Å². The Kier molecular flexibility index (Phi) is 6.34. The molecule has 2 heterocycles. The summed E-state index contributed by atoms with van der Waals surface area (Å²) in [5.41, 5.74) is 0. The molecule has 0 bridgehead atoms. The molecule has 2 amide bonds. The number of rotatable bonds is 4. The van der Waals surface area contributed by atoms with Crippen molar-refractivity contribution < 1.29 is 14.3 Å². The minimum absolute atomic E-state index is 0.126. The van der Waals surface area contributed by atoms with Gasteiger partial charge in [0.25, 0.3) is 5.91 Å². The van der Waals surface area contributed by atoms with Crippen LogP contribution < -0.4 is 5.32 Å². The molecule has 6 heteroatoms. The van der Waals surface area contributed by atoms with Gasteiger partial charge in [0, 0.05) is 38.8 Å². The molecule has 6 nitrogen and oxygen atoms in total. The molecular weight excluding hydrogens is 318 g/mol. The van der Waals surface area contributed by atoms with Crippen LogP contribution in [0.5, 0.6) is 0 Å². The average molecular weight is 351 g/mol. The van der Waals surface area contributed by atoms with E-state index in [2.05, 4.69) is 17.1 Å². The zero-order valence-corrected chi connectivity index (χ0v) is 15.7. The summed E-state index contributed by atoms with van der Waals surface area (Å²) in [7, 11) is 0. The van der Waals surface area contributed by atoms with Crippen LogP contribution in [0.3, 0.4) is 0 Å². The predicted molar refractivity (Wildman–Crippen MR) is 96.2 cm³/mol. The highest BCUT2D eigenvalue weighted by molar-refractivity contribution is 5.82. The Labute approximate surface area is 151 Å². The zero-order valence-electron chi connectivity index (χ0n) is 15.7. The van der Waals surface area contributed by atoms with E-state index in [0.29, 0.717) is 25.7 Å². The van der Waals surface area contributed by atoms with Crippen LogP contribution in [-0.4, -0.2) is 72.6 Å². The molecule has 25 heavy (non-hydrogen) atoms. The quantitative estimate of drug-likeness (QED) is 0.831. The smallest absolute Gasteiger partial charge is 0.251 e. The molecule has 0 spiro atoms. The highest BCUT2D eigenvalue weighted by Gasteiger charge is 2.33. The van der Waals surface area contributed by atoms with Crippen LogP contribution >= 0.6 is 0 Å². The lowest BCUT2D eigenvalue weighted by atomic mass is 9.87. The van der Waals surface area contributed by atoms with Crippen molar-refractivity contribution in [3.8, 4) is 0 Å². The second-order valence-corrected chi connectivity index (χ2v) is 8.00. The summed E-state index contributed by atoms with van der Waals surface area (Å²) >= 11 is 0. The first kappa shape index (κ1) is 18.6. The van der Waals surface area contributed by atoms with Gasteiger partial charge >= 0.3 is 0 Å². The van der Waals surface area contributed by atoms with E-state index in [1.807, 2.05) is 11.8 Å². The lowest BCUT2D eigenvalue weighted by Gasteiger charge is -2.38. The van der Waals surface area contributed by atoms with Gasteiger partial charge in [-0.2, -0.15) is 0 Å². The van der Waals surface area contributed by atoms with Crippen LogP contribution in [0, 0.1) is 5.92 Å². The van der Waals surface area contributed by atoms with Gasteiger partial charge in [0.05, 0.1) is 6.04 Å². The van der Waals surface area contributed by atoms with E-state index in [0.717, 1.165) is 44.7 Å². The largest absolute Gasteiger partial charge is 0.368 e. The van der Waals surface area contributed by atoms with Crippen LogP contribution in [0.25, 0.3) is 0 Å². The van der Waals surface area contributed by atoms with Crippen LogP contribution in [-0.2, 0) is 14.3 Å². The van der Waals surface area contributed by atoms with Crippen LogP contribution in [0.2, 0.25) is 0 Å². The van der Waals surface area contributed by atoms with Crippen molar-refractivity contribution in [3.63, 3.8) is 0 Å². The molecule has 142 valence electrons. The van der Waals surface area contributed by atoms with E-state index >= 15 is 0 Å². The Morgan fingerprint density at radius 2 is 1.72 bits per heavy atom. The van der Waals surface area contributed by atoms with Gasteiger partial charge in [-0.1, -0.05) is 6.92 Å². The molecule has 1 aliphatic carbocycles. The second-order valence-electron chi connectivity index (χ2n) is 8.00. The van der Waals surface area contributed by atoms with E-state index in [4.69, 9.17) is 4.74 Å². The number of carbonyl (C=O) groups is 2. The number of ether oxygens (including phenoxy) is 1. The summed E-state index contributed by atoms with van der Waals surface area (Å²) in [6.45, 7) is 7.88. The van der Waals surface area contributed by atoms with Crippen molar-refractivity contribution in [2.45, 2.75) is 70.6 Å². The summed E-state index contributed by atoms with van der Waals surface area (Å²) in [6, 6.07) is 0.216. The van der Waals surface area contributed by atoms with Gasteiger partial charge in [-0.15, -0.1) is 0 Å². The molecule has 3 rings (SSSR count). The van der Waals surface area contributed by atoms with Crippen molar-refractivity contribution >= 4 is 11.8 Å². The molecule has 3 aliphatic rings. The maximum absolute atomic E-state index is 12.6. The third kappa shape index (κ3) is 4.73. The van der Waals surface area contributed by atoms with Crippen LogP contribution in [0.15, 0.2) is 0 Å². The number of nitrogens with one attached hydrogen (secondary N) is 1. The monoisotopic (exact) mass is 351 g/mol. The highest BCUT2D eigenvalue weighted by Crippen LogP contribution is 2.23. The first-order chi connectivity index (χ1) is 12.0. The van der Waals surface area contributed by atoms with Crippen molar-refractivity contribution in [3.05, 3.63) is 0 Å². The highest BCUT2D eigenvalue weighted by atomic mass is 16.5. The molecule has 2 atom stereocenters. The van der Waals surface area contributed by atoms with Crippen LogP contribution in [0.4, 0.5) is 0 Å². The second kappa shape index (κ2) is 8.49. The Morgan fingerprint density at radius 3 is 2.32 bits per heavy atom. The van der Waals surface area contributed by atoms with Gasteiger partial charge < -0.3 is 15.0 Å². The van der Waals surface area contributed by atoms with Gasteiger partial charge in [-0.25, -0.2) is 0 Å². The van der Waals surface area contributed by atoms with Gasteiger partial charge in [0.1, 0.15) is 6.10 Å². The Balaban J connectivity index is 1.42. The van der Waals surface area contributed by atoms with Gasteiger partial charge in [-0.05, 0) is 51.4 Å². The minimum atomic E-state index is -0.235. The SMILES string of the molecule is CC1CCC(NC(=O)[C@@H](C)N2CCN(C(=O)[C@H]3CCCO3)CC2)CC1. The summed E-state index contributed by atoms with van der Waals surface area (Å²) in [5, 5.41) is 3.23. The summed E-state index contributed by atoms with van der Waals surface area (Å²) in [4.78, 5) is 29.1. The van der Waals surface area contributed by atoms with Crippen molar-refractivity contribution in [2.24, 2.45) is 5.92 Å². The van der Waals surface area contributed by atoms with Gasteiger partial charge in [0.15, 0.2) is 0 Å². The molecule has 1 saturated carbocycles. The number of piperazine rings is 1. The maximum atomic E-state index is 12.6. The molecule has 1 N–H and O–H groups in total. The summed E-state index contributed by atoms with van der Waals surface area (Å²) in [5.74, 6) is 1.06. The molecule has 2 saturated heterocycles. The molecular formula is C19H33N3O3. The molecule has 0 aromatic rings. The first-order valence-corrected chi connectivity index (χ1v) is 9.99. The number of hydrogen-bond acceptors (Lipinski definition) is 4. The molecule has 0 aromatic heterocycles. The molecule has 0 unspecified atom stereocenters. The van der Waals surface area contributed by atoms with Crippen molar-refractivity contribution in [1.82, 2.24) is 15.1 Å². The predicted octanol–water partition coefficient (Wildman–Crippen LogP) is 1.39. The summed E-state index contributed by atoms with van der Waals surface area (Å²) in [6.07, 6.45) is 6.21. The average Bonchev–Trinajstić information content (AvgIpc) is 3.17. The maximum Gasteiger partial charge on any atom is 0.251 e. The molecule has 0 aromatic carbocycles.